The van der Waals surface area contributed by atoms with Gasteiger partial charge in [0.1, 0.15) is 6.04 Å². The van der Waals surface area contributed by atoms with Gasteiger partial charge in [0.2, 0.25) is 0 Å². The number of amides is 1. The molecule has 0 aliphatic heterocycles. The molecule has 0 aliphatic carbocycles. The molecule has 0 saturated heterocycles. The molecule has 4 heteroatoms. The van der Waals surface area contributed by atoms with Crippen LogP contribution < -0.4 is 5.32 Å². The summed E-state index contributed by atoms with van der Waals surface area (Å²) in [6, 6.07) is 6.81. The Hall–Kier alpha value is -1.84. The van der Waals surface area contributed by atoms with Crippen LogP contribution in [0.2, 0.25) is 0 Å². The summed E-state index contributed by atoms with van der Waals surface area (Å²) in [5, 5.41) is 2.73. The second-order valence-corrected chi connectivity index (χ2v) is 6.55. The number of carbonyl (C=O) groups excluding carboxylic acids is 2. The van der Waals surface area contributed by atoms with Crippen molar-refractivity contribution in [3.63, 3.8) is 0 Å². The number of hydrogen-bond acceptors (Lipinski definition) is 3. The number of ether oxygens (including phenoxy) is 1. The van der Waals surface area contributed by atoms with E-state index < -0.39 is 12.0 Å². The fourth-order valence-corrected chi connectivity index (χ4v) is 1.97. The van der Waals surface area contributed by atoms with E-state index in [-0.39, 0.29) is 17.2 Å². The van der Waals surface area contributed by atoms with E-state index in [0.717, 1.165) is 5.56 Å². The summed E-state index contributed by atoms with van der Waals surface area (Å²) in [6.07, 6.45) is 0. The van der Waals surface area contributed by atoms with Crippen molar-refractivity contribution in [3.05, 3.63) is 35.4 Å². The number of carbonyl (C=O) groups is 2. The minimum atomic E-state index is -0.634. The average molecular weight is 291 g/mol. The van der Waals surface area contributed by atoms with Crippen molar-refractivity contribution < 1.29 is 14.3 Å². The lowest BCUT2D eigenvalue weighted by Gasteiger charge is -2.21. The first-order chi connectivity index (χ1) is 9.66. The smallest absolute Gasteiger partial charge is 0.328 e. The molecule has 0 fully saturated rings. The molecule has 1 atom stereocenters. The quantitative estimate of drug-likeness (QED) is 0.868. The highest BCUT2D eigenvalue weighted by molar-refractivity contribution is 5.96. The maximum atomic E-state index is 12.2. The molecule has 1 amide bonds. The fraction of sp³-hybridized carbons (Fsp3) is 0.529. The number of hydrogen-bond donors (Lipinski definition) is 1. The molecule has 21 heavy (non-hydrogen) atoms. The molecule has 1 rings (SSSR count). The van der Waals surface area contributed by atoms with Crippen LogP contribution in [-0.4, -0.2) is 25.0 Å². The molecule has 0 saturated carbocycles. The predicted molar refractivity (Wildman–Crippen MR) is 83.3 cm³/mol. The van der Waals surface area contributed by atoms with E-state index in [4.69, 9.17) is 4.74 Å². The van der Waals surface area contributed by atoms with Gasteiger partial charge in [0.05, 0.1) is 7.11 Å². The molecule has 4 nitrogen and oxygen atoms in total. The summed E-state index contributed by atoms with van der Waals surface area (Å²) >= 11 is 0. The molecule has 0 bridgehead atoms. The van der Waals surface area contributed by atoms with Crippen LogP contribution in [0.15, 0.2) is 24.3 Å². The molecule has 1 aromatic carbocycles. The lowest BCUT2D eigenvalue weighted by atomic mass is 9.86. The molecule has 1 aromatic rings. The van der Waals surface area contributed by atoms with Crippen molar-refractivity contribution in [2.45, 2.75) is 46.1 Å². The van der Waals surface area contributed by atoms with E-state index >= 15 is 0 Å². The van der Waals surface area contributed by atoms with Crippen molar-refractivity contribution in [1.82, 2.24) is 5.32 Å². The molecule has 0 aliphatic rings. The summed E-state index contributed by atoms with van der Waals surface area (Å²) in [5.74, 6) is -0.723. The van der Waals surface area contributed by atoms with E-state index in [9.17, 15) is 9.59 Å². The number of methoxy groups -OCH3 is 1. The molecule has 0 radical (unpaired) electrons. The van der Waals surface area contributed by atoms with Crippen molar-refractivity contribution in [3.8, 4) is 0 Å². The monoisotopic (exact) mass is 291 g/mol. The van der Waals surface area contributed by atoms with Gasteiger partial charge in [-0.3, -0.25) is 4.79 Å². The predicted octanol–water partition coefficient (Wildman–Crippen LogP) is 2.91. The van der Waals surface area contributed by atoms with E-state index in [1.807, 2.05) is 26.0 Å². The van der Waals surface area contributed by atoms with Crippen molar-refractivity contribution in [1.29, 1.82) is 0 Å². The molecule has 0 spiro atoms. The van der Waals surface area contributed by atoms with Gasteiger partial charge < -0.3 is 10.1 Å². The van der Waals surface area contributed by atoms with Crippen molar-refractivity contribution >= 4 is 11.9 Å². The third kappa shape index (κ3) is 4.59. The maximum Gasteiger partial charge on any atom is 0.328 e. The first kappa shape index (κ1) is 17.2. The van der Waals surface area contributed by atoms with Crippen LogP contribution in [0.3, 0.4) is 0 Å². The zero-order valence-corrected chi connectivity index (χ0v) is 13.7. The highest BCUT2D eigenvalue weighted by atomic mass is 16.5. The number of nitrogens with one attached hydrogen (secondary N) is 1. The van der Waals surface area contributed by atoms with E-state index in [1.54, 1.807) is 12.1 Å². The molecule has 0 aromatic heterocycles. The highest BCUT2D eigenvalue weighted by Gasteiger charge is 2.25. The third-order valence-electron chi connectivity index (χ3n) is 3.42. The van der Waals surface area contributed by atoms with Gasteiger partial charge >= 0.3 is 5.97 Å². The summed E-state index contributed by atoms with van der Waals surface area (Å²) in [4.78, 5) is 23.9. The van der Waals surface area contributed by atoms with E-state index in [2.05, 4.69) is 26.1 Å². The van der Waals surface area contributed by atoms with Crippen molar-refractivity contribution in [2.24, 2.45) is 5.92 Å². The van der Waals surface area contributed by atoms with Crippen LogP contribution in [-0.2, 0) is 14.9 Å². The van der Waals surface area contributed by atoms with Gasteiger partial charge in [0.25, 0.3) is 5.91 Å². The van der Waals surface area contributed by atoms with Gasteiger partial charge in [-0.15, -0.1) is 0 Å². The Kier molecular flexibility index (Phi) is 5.53. The third-order valence-corrected chi connectivity index (χ3v) is 3.42. The lowest BCUT2D eigenvalue weighted by molar-refractivity contribution is -0.144. The molecular weight excluding hydrogens is 266 g/mol. The largest absolute Gasteiger partial charge is 0.467 e. The summed E-state index contributed by atoms with van der Waals surface area (Å²) in [5.41, 5.74) is 1.74. The summed E-state index contributed by atoms with van der Waals surface area (Å²) in [7, 11) is 1.32. The van der Waals surface area contributed by atoms with Crippen molar-refractivity contribution in [2.75, 3.05) is 7.11 Å². The van der Waals surface area contributed by atoms with Crippen LogP contribution in [0.5, 0.6) is 0 Å². The zero-order chi connectivity index (χ0) is 16.2. The first-order valence-electron chi connectivity index (χ1n) is 7.16. The Morgan fingerprint density at radius 1 is 1.10 bits per heavy atom. The lowest BCUT2D eigenvalue weighted by Crippen LogP contribution is -2.45. The van der Waals surface area contributed by atoms with E-state index in [0.29, 0.717) is 5.56 Å². The normalized spacial score (nSPS) is 12.9. The van der Waals surface area contributed by atoms with E-state index in [1.165, 1.54) is 7.11 Å². The average Bonchev–Trinajstić information content (AvgIpc) is 2.42. The molecule has 0 heterocycles. The molecule has 1 N–H and O–H groups in total. The maximum absolute atomic E-state index is 12.2. The van der Waals surface area contributed by atoms with Gasteiger partial charge in [-0.25, -0.2) is 4.79 Å². The van der Waals surface area contributed by atoms with Gasteiger partial charge in [-0.1, -0.05) is 46.8 Å². The highest BCUT2D eigenvalue weighted by Crippen LogP contribution is 2.22. The number of benzene rings is 1. The summed E-state index contributed by atoms with van der Waals surface area (Å²) < 4.78 is 4.72. The van der Waals surface area contributed by atoms with Gasteiger partial charge in [-0.05, 0) is 29.0 Å². The Balaban J connectivity index is 2.86. The second-order valence-electron chi connectivity index (χ2n) is 6.55. The number of rotatable bonds is 4. The molecular formula is C17H25NO3. The van der Waals surface area contributed by atoms with Crippen LogP contribution in [0, 0.1) is 5.92 Å². The SMILES string of the molecule is COC(=O)[C@H](NC(=O)c1ccc(C(C)(C)C)cc1)C(C)C. The molecule has 116 valence electrons. The minimum absolute atomic E-state index is 0.0322. The van der Waals surface area contributed by atoms with Gasteiger partial charge in [0, 0.05) is 5.56 Å². The Morgan fingerprint density at radius 3 is 2.00 bits per heavy atom. The van der Waals surface area contributed by atoms with Crippen LogP contribution in [0.4, 0.5) is 0 Å². The van der Waals surface area contributed by atoms with Crippen LogP contribution in [0.25, 0.3) is 0 Å². The minimum Gasteiger partial charge on any atom is -0.467 e. The Morgan fingerprint density at radius 2 is 1.62 bits per heavy atom. The van der Waals surface area contributed by atoms with Gasteiger partial charge in [-0.2, -0.15) is 0 Å². The molecule has 0 unspecified atom stereocenters. The van der Waals surface area contributed by atoms with Gasteiger partial charge in [0.15, 0.2) is 0 Å². The van der Waals surface area contributed by atoms with Crippen LogP contribution in [0.1, 0.15) is 50.5 Å². The standard InChI is InChI=1S/C17H25NO3/c1-11(2)14(16(20)21-6)18-15(19)12-7-9-13(10-8-12)17(3,4)5/h7-11,14H,1-6H3,(H,18,19)/t14-/m1/s1. The second kappa shape index (κ2) is 6.74. The zero-order valence-electron chi connectivity index (χ0n) is 13.7. The fourth-order valence-electron chi connectivity index (χ4n) is 1.97. The first-order valence-corrected chi connectivity index (χ1v) is 7.16. The number of esters is 1. The Bertz CT molecular complexity index is 498. The Labute approximate surface area is 126 Å². The topological polar surface area (TPSA) is 55.4 Å². The summed E-state index contributed by atoms with van der Waals surface area (Å²) in [6.45, 7) is 10.1. The van der Waals surface area contributed by atoms with Crippen LogP contribution >= 0.6 is 0 Å².